The van der Waals surface area contributed by atoms with Crippen molar-refractivity contribution in [3.05, 3.63) is 81.5 Å². The number of anilines is 1. The van der Waals surface area contributed by atoms with Gasteiger partial charge < -0.3 is 4.90 Å². The van der Waals surface area contributed by atoms with Gasteiger partial charge in [-0.1, -0.05) is 12.1 Å². The lowest BCUT2D eigenvalue weighted by Gasteiger charge is -2.18. The van der Waals surface area contributed by atoms with Crippen LogP contribution in [0.3, 0.4) is 0 Å². The third-order valence-electron chi connectivity index (χ3n) is 5.10. The van der Waals surface area contributed by atoms with Gasteiger partial charge in [-0.25, -0.2) is 17.2 Å². The molecule has 31 heavy (non-hydrogen) atoms. The van der Waals surface area contributed by atoms with Gasteiger partial charge in [0.05, 0.1) is 16.2 Å². The monoisotopic (exact) mass is 460 g/mol. The molecule has 0 saturated carbocycles. The highest BCUT2D eigenvalue weighted by molar-refractivity contribution is 7.89. The Morgan fingerprint density at radius 3 is 2.58 bits per heavy atom. The minimum atomic E-state index is -3.99. The molecule has 1 aromatic heterocycles. The van der Waals surface area contributed by atoms with Crippen LogP contribution < -0.4 is 4.90 Å². The molecule has 4 rings (SSSR count). The molecule has 2 aromatic carbocycles. The number of carbonyl (C=O) groups is 1. The minimum absolute atomic E-state index is 0.0172. The van der Waals surface area contributed by atoms with E-state index in [1.807, 2.05) is 17.5 Å². The lowest BCUT2D eigenvalue weighted by Crippen LogP contribution is -2.27. The zero-order valence-electron chi connectivity index (χ0n) is 16.7. The molecule has 160 valence electrons. The average molecular weight is 461 g/mol. The van der Waals surface area contributed by atoms with E-state index in [-0.39, 0.29) is 22.9 Å². The van der Waals surface area contributed by atoms with Gasteiger partial charge in [-0.15, -0.1) is 11.3 Å². The Morgan fingerprint density at radius 1 is 1.13 bits per heavy atom. The Morgan fingerprint density at radius 2 is 1.90 bits per heavy atom. The van der Waals surface area contributed by atoms with E-state index in [0.29, 0.717) is 22.9 Å². The van der Waals surface area contributed by atoms with Crippen molar-refractivity contribution in [3.63, 3.8) is 0 Å². The molecule has 0 spiro atoms. The van der Waals surface area contributed by atoms with Gasteiger partial charge in [0.2, 0.25) is 10.0 Å². The van der Waals surface area contributed by atoms with Crippen molar-refractivity contribution in [2.24, 2.45) is 0 Å². The van der Waals surface area contributed by atoms with Crippen molar-refractivity contribution in [3.8, 4) is 0 Å². The van der Waals surface area contributed by atoms with Gasteiger partial charge in [0.15, 0.2) is 0 Å². The van der Waals surface area contributed by atoms with Crippen molar-refractivity contribution >= 4 is 44.6 Å². The van der Waals surface area contributed by atoms with Crippen molar-refractivity contribution in [1.82, 2.24) is 4.31 Å². The van der Waals surface area contributed by atoms with E-state index in [2.05, 4.69) is 0 Å². The first-order valence-corrected chi connectivity index (χ1v) is 11.6. The smallest absolute Gasteiger partial charge is 0.258 e. The molecule has 1 aliphatic rings. The Bertz CT molecular complexity index is 1300. The lowest BCUT2D eigenvalue weighted by molar-refractivity contribution is -0.112. The zero-order valence-corrected chi connectivity index (χ0v) is 18.3. The van der Waals surface area contributed by atoms with Crippen molar-refractivity contribution < 1.29 is 22.0 Å². The Balaban J connectivity index is 1.70. The van der Waals surface area contributed by atoms with E-state index in [1.54, 1.807) is 19.2 Å². The predicted molar refractivity (Wildman–Crippen MR) is 117 cm³/mol. The van der Waals surface area contributed by atoms with Gasteiger partial charge in [-0.3, -0.25) is 4.79 Å². The molecule has 0 radical (unpaired) electrons. The van der Waals surface area contributed by atoms with Crippen molar-refractivity contribution in [2.75, 3.05) is 19.0 Å². The molecule has 1 aliphatic heterocycles. The summed E-state index contributed by atoms with van der Waals surface area (Å²) in [5.74, 6) is -1.77. The van der Waals surface area contributed by atoms with E-state index >= 15 is 0 Å². The summed E-state index contributed by atoms with van der Waals surface area (Å²) in [5.41, 5.74) is 1.59. The normalized spacial score (nSPS) is 15.2. The van der Waals surface area contributed by atoms with Crippen molar-refractivity contribution in [1.29, 1.82) is 0 Å². The van der Waals surface area contributed by atoms with E-state index in [1.165, 1.54) is 41.5 Å². The molecule has 5 nitrogen and oxygen atoms in total. The topological polar surface area (TPSA) is 57.7 Å². The molecule has 3 aromatic rings. The van der Waals surface area contributed by atoms with Crippen LogP contribution in [0.15, 0.2) is 58.8 Å². The number of hydrogen-bond donors (Lipinski definition) is 0. The maximum absolute atomic E-state index is 14.0. The lowest BCUT2D eigenvalue weighted by atomic mass is 10.1. The Hall–Kier alpha value is -2.88. The molecule has 0 saturated heterocycles. The van der Waals surface area contributed by atoms with Crippen LogP contribution in [0.4, 0.5) is 14.5 Å². The van der Waals surface area contributed by atoms with E-state index in [0.717, 1.165) is 15.2 Å². The van der Waals surface area contributed by atoms with Crippen LogP contribution >= 0.6 is 11.3 Å². The van der Waals surface area contributed by atoms with Gasteiger partial charge in [0.25, 0.3) is 5.91 Å². The number of rotatable bonds is 5. The largest absolute Gasteiger partial charge is 0.311 e. The molecule has 9 heteroatoms. The standard InChI is InChI=1S/C22H18F2N2O3S2/c1-25(13-14-5-6-15(23)10-20(14)24)31(28,29)17-7-8-21-18(12-17)19(22(27)26(21)2)11-16-4-3-9-30-16/h3-12H,13H2,1-2H3/b19-11+. The van der Waals surface area contributed by atoms with Crippen molar-refractivity contribution in [2.45, 2.75) is 11.4 Å². The first-order chi connectivity index (χ1) is 14.7. The van der Waals surface area contributed by atoms with Gasteiger partial charge in [0.1, 0.15) is 11.6 Å². The fraction of sp³-hybridized carbons (Fsp3) is 0.136. The van der Waals surface area contributed by atoms with Gasteiger partial charge >= 0.3 is 0 Å². The van der Waals surface area contributed by atoms with E-state index in [9.17, 15) is 22.0 Å². The first kappa shape index (κ1) is 21.4. The molecule has 0 bridgehead atoms. The molecule has 2 heterocycles. The Kier molecular flexibility index (Phi) is 5.50. The van der Waals surface area contributed by atoms with Crippen LogP contribution in [0.25, 0.3) is 11.6 Å². The number of halogens is 2. The maximum Gasteiger partial charge on any atom is 0.258 e. The summed E-state index contributed by atoms with van der Waals surface area (Å²) in [4.78, 5) is 15.1. The molecule has 1 amide bonds. The summed E-state index contributed by atoms with van der Waals surface area (Å²) in [6, 6.07) is 11.2. The first-order valence-electron chi connectivity index (χ1n) is 9.26. The maximum atomic E-state index is 14.0. The molecule has 0 aliphatic carbocycles. The SMILES string of the molecule is CN1C(=O)/C(=C/c2cccs2)c2cc(S(=O)(=O)N(C)Cc3ccc(F)cc3F)ccc21. The number of sulfonamides is 1. The number of benzene rings is 2. The van der Waals surface area contributed by atoms with Gasteiger partial charge in [-0.2, -0.15) is 4.31 Å². The molecule has 0 fully saturated rings. The van der Waals surface area contributed by atoms with Gasteiger partial charge in [0, 0.05) is 42.7 Å². The number of fused-ring (bicyclic) bond motifs is 1. The van der Waals surface area contributed by atoms with Crippen LogP contribution in [0, 0.1) is 11.6 Å². The van der Waals surface area contributed by atoms with Gasteiger partial charge in [-0.05, 0) is 41.8 Å². The minimum Gasteiger partial charge on any atom is -0.311 e. The number of amides is 1. The van der Waals surface area contributed by atoms with Crippen LogP contribution in [0.1, 0.15) is 16.0 Å². The van der Waals surface area contributed by atoms with Crippen LogP contribution in [-0.4, -0.2) is 32.7 Å². The molecular weight excluding hydrogens is 442 g/mol. The third kappa shape index (κ3) is 3.91. The highest BCUT2D eigenvalue weighted by atomic mass is 32.2. The fourth-order valence-electron chi connectivity index (χ4n) is 3.40. The summed E-state index contributed by atoms with van der Waals surface area (Å²) in [6.45, 7) is -0.262. The van der Waals surface area contributed by atoms with E-state index in [4.69, 9.17) is 0 Å². The summed E-state index contributed by atoms with van der Waals surface area (Å²) < 4.78 is 54.4. The number of thiophene rings is 1. The second-order valence-corrected chi connectivity index (χ2v) is 10.1. The number of hydrogen-bond acceptors (Lipinski definition) is 4. The number of likely N-dealkylation sites (N-methyl/N-ethyl adjacent to an activating group) is 1. The number of carbonyl (C=O) groups excluding carboxylic acids is 1. The second-order valence-electron chi connectivity index (χ2n) is 7.11. The molecular formula is C22H18F2N2O3S2. The second kappa shape index (κ2) is 7.99. The van der Waals surface area contributed by atoms with E-state index < -0.39 is 21.7 Å². The summed E-state index contributed by atoms with van der Waals surface area (Å²) >= 11 is 1.47. The van der Waals surface area contributed by atoms with Crippen LogP contribution in [-0.2, 0) is 21.4 Å². The fourth-order valence-corrected chi connectivity index (χ4v) is 5.23. The molecule has 0 unspecified atom stereocenters. The summed E-state index contributed by atoms with van der Waals surface area (Å²) in [6.07, 6.45) is 1.74. The highest BCUT2D eigenvalue weighted by Gasteiger charge is 2.32. The van der Waals surface area contributed by atoms with Crippen LogP contribution in [0.2, 0.25) is 0 Å². The zero-order chi connectivity index (χ0) is 22.3. The summed E-state index contributed by atoms with van der Waals surface area (Å²) in [7, 11) is -1.03. The average Bonchev–Trinajstić information content (AvgIpc) is 3.33. The molecule has 0 N–H and O–H groups in total. The summed E-state index contributed by atoms with van der Waals surface area (Å²) in [5, 5.41) is 1.89. The predicted octanol–water partition coefficient (Wildman–Crippen LogP) is 4.36. The number of nitrogens with zero attached hydrogens (tertiary/aromatic N) is 2. The Labute approximate surface area is 182 Å². The van der Waals surface area contributed by atoms with Crippen LogP contribution in [0.5, 0.6) is 0 Å². The quantitative estimate of drug-likeness (QED) is 0.532. The highest BCUT2D eigenvalue weighted by Crippen LogP contribution is 2.39. The molecule has 0 atom stereocenters. The third-order valence-corrected chi connectivity index (χ3v) is 7.72.